The van der Waals surface area contributed by atoms with E-state index in [4.69, 9.17) is 10.6 Å². The number of nitrogens with two attached hydrogens (primary N) is 1. The van der Waals surface area contributed by atoms with Gasteiger partial charge in [-0.25, -0.2) is 15.0 Å². The molecule has 0 aliphatic heterocycles. The van der Waals surface area contributed by atoms with E-state index in [0.717, 1.165) is 12.8 Å². The summed E-state index contributed by atoms with van der Waals surface area (Å²) in [7, 11) is 0. The van der Waals surface area contributed by atoms with Crippen LogP contribution in [-0.2, 0) is 4.74 Å². The van der Waals surface area contributed by atoms with E-state index in [2.05, 4.69) is 0 Å². The van der Waals surface area contributed by atoms with Crippen LogP contribution in [0.25, 0.3) is 0 Å². The standard InChI is InChI=1S/C8H15FN2O2/c9-7-3-1-6(2-4-7)5-13-8(12)11-10/h6-7H,1-5,10H2,(H,11,12). The zero-order valence-corrected chi connectivity index (χ0v) is 7.46. The van der Waals surface area contributed by atoms with Crippen molar-refractivity contribution < 1.29 is 13.9 Å². The number of hydrogen-bond acceptors (Lipinski definition) is 3. The molecule has 1 aliphatic rings. The van der Waals surface area contributed by atoms with Crippen molar-refractivity contribution in [3.05, 3.63) is 0 Å². The highest BCUT2D eigenvalue weighted by atomic mass is 19.1. The van der Waals surface area contributed by atoms with Gasteiger partial charge in [-0.15, -0.1) is 0 Å². The molecule has 4 nitrogen and oxygen atoms in total. The topological polar surface area (TPSA) is 64.3 Å². The van der Waals surface area contributed by atoms with Crippen LogP contribution in [0.2, 0.25) is 0 Å². The zero-order valence-electron chi connectivity index (χ0n) is 7.46. The minimum absolute atomic E-state index is 0.296. The second-order valence-corrected chi connectivity index (χ2v) is 3.36. The maximum absolute atomic E-state index is 12.7. The first-order chi connectivity index (χ1) is 6.22. The molecular weight excluding hydrogens is 175 g/mol. The molecule has 1 fully saturated rings. The van der Waals surface area contributed by atoms with E-state index in [0.29, 0.717) is 25.4 Å². The Morgan fingerprint density at radius 3 is 2.62 bits per heavy atom. The lowest BCUT2D eigenvalue weighted by Gasteiger charge is -2.23. The van der Waals surface area contributed by atoms with Gasteiger partial charge in [0.1, 0.15) is 6.17 Å². The van der Waals surface area contributed by atoms with Gasteiger partial charge in [-0.1, -0.05) is 0 Å². The first-order valence-corrected chi connectivity index (χ1v) is 4.50. The van der Waals surface area contributed by atoms with Gasteiger partial charge < -0.3 is 4.74 Å². The molecule has 0 aromatic heterocycles. The first kappa shape index (κ1) is 10.2. The predicted molar refractivity (Wildman–Crippen MR) is 45.5 cm³/mol. The first-order valence-electron chi connectivity index (χ1n) is 4.50. The summed E-state index contributed by atoms with van der Waals surface area (Å²) in [5.74, 6) is 5.12. The number of alkyl halides is 1. The molecule has 0 spiro atoms. The lowest BCUT2D eigenvalue weighted by Crippen LogP contribution is -2.32. The van der Waals surface area contributed by atoms with Crippen molar-refractivity contribution in [3.63, 3.8) is 0 Å². The molecule has 0 bridgehead atoms. The highest BCUT2D eigenvalue weighted by Gasteiger charge is 2.21. The Hall–Kier alpha value is -0.840. The third-order valence-corrected chi connectivity index (χ3v) is 2.34. The molecule has 0 aromatic rings. The highest BCUT2D eigenvalue weighted by Crippen LogP contribution is 2.26. The summed E-state index contributed by atoms with van der Waals surface area (Å²) < 4.78 is 17.5. The lowest BCUT2D eigenvalue weighted by atomic mass is 9.89. The van der Waals surface area contributed by atoms with Crippen LogP contribution in [-0.4, -0.2) is 18.9 Å². The van der Waals surface area contributed by atoms with E-state index in [-0.39, 0.29) is 0 Å². The molecular formula is C8H15FN2O2. The Balaban J connectivity index is 2.12. The number of halogens is 1. The van der Waals surface area contributed by atoms with E-state index in [9.17, 15) is 9.18 Å². The number of carbonyl (C=O) groups is 1. The quantitative estimate of drug-likeness (QED) is 0.389. The number of hydrogen-bond donors (Lipinski definition) is 2. The van der Waals surface area contributed by atoms with Crippen molar-refractivity contribution in [1.82, 2.24) is 5.43 Å². The van der Waals surface area contributed by atoms with Gasteiger partial charge in [0.05, 0.1) is 6.61 Å². The van der Waals surface area contributed by atoms with Crippen molar-refractivity contribution in [3.8, 4) is 0 Å². The average molecular weight is 190 g/mol. The molecule has 1 rings (SSSR count). The summed E-state index contributed by atoms with van der Waals surface area (Å²) in [5, 5.41) is 0. The second-order valence-electron chi connectivity index (χ2n) is 3.36. The fourth-order valence-corrected chi connectivity index (χ4v) is 1.52. The largest absolute Gasteiger partial charge is 0.448 e. The van der Waals surface area contributed by atoms with Crippen LogP contribution in [0.1, 0.15) is 25.7 Å². The van der Waals surface area contributed by atoms with Crippen molar-refractivity contribution >= 4 is 6.09 Å². The summed E-state index contributed by atoms with van der Waals surface area (Å²) in [6, 6.07) is 0. The number of amides is 1. The molecule has 5 heteroatoms. The van der Waals surface area contributed by atoms with Crippen molar-refractivity contribution in [2.45, 2.75) is 31.9 Å². The summed E-state index contributed by atoms with van der Waals surface area (Å²) in [6.07, 6.45) is 1.45. The van der Waals surface area contributed by atoms with E-state index >= 15 is 0 Å². The smallest absolute Gasteiger partial charge is 0.421 e. The van der Waals surface area contributed by atoms with Gasteiger partial charge in [0.25, 0.3) is 0 Å². The van der Waals surface area contributed by atoms with Crippen LogP contribution >= 0.6 is 0 Å². The van der Waals surface area contributed by atoms with Crippen molar-refractivity contribution in [2.24, 2.45) is 11.8 Å². The Morgan fingerprint density at radius 2 is 2.08 bits per heavy atom. The van der Waals surface area contributed by atoms with Gasteiger partial charge in [-0.2, -0.15) is 0 Å². The Morgan fingerprint density at radius 1 is 1.46 bits per heavy atom. The SMILES string of the molecule is NNC(=O)OCC1CCC(F)CC1. The third kappa shape index (κ3) is 3.59. The third-order valence-electron chi connectivity index (χ3n) is 2.34. The fourth-order valence-electron chi connectivity index (χ4n) is 1.52. The molecule has 3 N–H and O–H groups in total. The molecule has 1 saturated carbocycles. The number of rotatable bonds is 2. The van der Waals surface area contributed by atoms with E-state index in [1.165, 1.54) is 0 Å². The minimum atomic E-state index is -0.667. The van der Waals surface area contributed by atoms with Crippen LogP contribution in [0.15, 0.2) is 0 Å². The Labute approximate surface area is 76.6 Å². The fraction of sp³-hybridized carbons (Fsp3) is 0.875. The molecule has 1 amide bonds. The zero-order chi connectivity index (χ0) is 9.68. The van der Waals surface area contributed by atoms with Crippen molar-refractivity contribution in [1.29, 1.82) is 0 Å². The van der Waals surface area contributed by atoms with E-state index in [1.54, 1.807) is 0 Å². The normalized spacial score (nSPS) is 28.2. The number of ether oxygens (including phenoxy) is 1. The Bertz CT molecular complexity index is 170. The molecule has 0 radical (unpaired) electrons. The minimum Gasteiger partial charge on any atom is -0.448 e. The molecule has 0 saturated heterocycles. The van der Waals surface area contributed by atoms with E-state index in [1.807, 2.05) is 5.43 Å². The molecule has 0 unspecified atom stereocenters. The molecule has 13 heavy (non-hydrogen) atoms. The highest BCUT2D eigenvalue weighted by molar-refractivity contribution is 5.66. The Kier molecular flexibility index (Phi) is 3.95. The summed E-state index contributed by atoms with van der Waals surface area (Å²) in [4.78, 5) is 10.6. The van der Waals surface area contributed by atoms with Gasteiger partial charge in [-0.05, 0) is 31.6 Å². The molecule has 76 valence electrons. The van der Waals surface area contributed by atoms with Gasteiger partial charge in [-0.3, -0.25) is 5.43 Å². The van der Waals surface area contributed by atoms with Gasteiger partial charge in [0.2, 0.25) is 0 Å². The van der Waals surface area contributed by atoms with Gasteiger partial charge >= 0.3 is 6.09 Å². The summed E-state index contributed by atoms with van der Waals surface area (Å²) in [5.41, 5.74) is 1.88. The maximum Gasteiger partial charge on any atom is 0.421 e. The van der Waals surface area contributed by atoms with Crippen LogP contribution in [0.3, 0.4) is 0 Å². The maximum atomic E-state index is 12.7. The monoisotopic (exact) mass is 190 g/mol. The molecule has 0 atom stereocenters. The summed E-state index contributed by atoms with van der Waals surface area (Å²) in [6.45, 7) is 0.343. The van der Waals surface area contributed by atoms with Crippen LogP contribution in [0, 0.1) is 5.92 Å². The van der Waals surface area contributed by atoms with E-state index < -0.39 is 12.3 Å². The van der Waals surface area contributed by atoms with Crippen LogP contribution in [0.4, 0.5) is 9.18 Å². The van der Waals surface area contributed by atoms with Crippen LogP contribution < -0.4 is 11.3 Å². The summed E-state index contributed by atoms with van der Waals surface area (Å²) >= 11 is 0. The van der Waals surface area contributed by atoms with Gasteiger partial charge in [0, 0.05) is 0 Å². The number of hydrazine groups is 1. The van der Waals surface area contributed by atoms with Crippen molar-refractivity contribution in [2.75, 3.05) is 6.61 Å². The molecule has 1 aliphatic carbocycles. The van der Waals surface area contributed by atoms with Gasteiger partial charge in [0.15, 0.2) is 0 Å². The predicted octanol–water partition coefficient (Wildman–Crippen LogP) is 1.11. The average Bonchev–Trinajstić information content (AvgIpc) is 2.16. The molecule has 0 aromatic carbocycles. The number of nitrogens with one attached hydrogen (secondary N) is 1. The molecule has 0 heterocycles. The lowest BCUT2D eigenvalue weighted by molar-refractivity contribution is 0.103. The second kappa shape index (κ2) is 5.01. The number of carbonyl (C=O) groups excluding carboxylic acids is 1. The van der Waals surface area contributed by atoms with Crippen LogP contribution in [0.5, 0.6) is 0 Å².